The molecule has 3 heterocycles. The zero-order valence-electron chi connectivity index (χ0n) is 18.7. The molecule has 0 unspecified atom stereocenters. The molecule has 0 radical (unpaired) electrons. The van der Waals surface area contributed by atoms with Crippen LogP contribution in [0.5, 0.6) is 0 Å². The van der Waals surface area contributed by atoms with Gasteiger partial charge in [0, 0.05) is 40.2 Å². The van der Waals surface area contributed by atoms with Crippen molar-refractivity contribution in [3.63, 3.8) is 0 Å². The van der Waals surface area contributed by atoms with Crippen molar-refractivity contribution in [3.05, 3.63) is 95.2 Å². The number of hydrogen-bond acceptors (Lipinski definition) is 4. The van der Waals surface area contributed by atoms with E-state index in [0.29, 0.717) is 22.2 Å². The summed E-state index contributed by atoms with van der Waals surface area (Å²) in [7, 11) is 0. The molecule has 2 aromatic carbocycles. The third-order valence-corrected chi connectivity index (χ3v) is 5.70. The summed E-state index contributed by atoms with van der Waals surface area (Å²) in [6.45, 7) is 5.59. The van der Waals surface area contributed by atoms with Gasteiger partial charge in [0.15, 0.2) is 11.5 Å². The predicted molar refractivity (Wildman–Crippen MR) is 126 cm³/mol. The maximum Gasteiger partial charge on any atom is 0.164 e. The molecule has 0 saturated carbocycles. The highest BCUT2D eigenvalue weighted by Crippen LogP contribution is 2.33. The van der Waals surface area contributed by atoms with Gasteiger partial charge in [-0.3, -0.25) is 4.98 Å². The fraction of sp³-hybridized carbons (Fsp3) is 0.111. The summed E-state index contributed by atoms with van der Waals surface area (Å²) < 4.78 is 43.0. The topological polar surface area (TPSA) is 51.6 Å². The van der Waals surface area contributed by atoms with Crippen LogP contribution in [0, 0.1) is 38.2 Å². The standard InChI is InChI=1S/C27H19F3N4/c1-14-8-23-25(22-5-4-20(28)13-24(22)30)33-26(34-27(23)32-16(14)3)19-10-18(11-21(29)12-19)17-6-7-31-15(2)9-17/h4-13H,1-3H3. The van der Waals surface area contributed by atoms with Gasteiger partial charge in [0.05, 0.1) is 5.69 Å². The molecule has 0 aliphatic heterocycles. The molecule has 5 rings (SSSR count). The molecule has 0 aliphatic rings. The first kappa shape index (κ1) is 21.7. The third kappa shape index (κ3) is 4.01. The third-order valence-electron chi connectivity index (χ3n) is 5.70. The van der Waals surface area contributed by atoms with Crippen LogP contribution in [0.15, 0.2) is 60.8 Å². The Morgan fingerprint density at radius 2 is 1.47 bits per heavy atom. The first-order chi connectivity index (χ1) is 16.3. The van der Waals surface area contributed by atoms with Crippen molar-refractivity contribution in [2.24, 2.45) is 0 Å². The lowest BCUT2D eigenvalue weighted by molar-refractivity contribution is 0.585. The zero-order valence-corrected chi connectivity index (χ0v) is 18.7. The van der Waals surface area contributed by atoms with E-state index >= 15 is 0 Å². The number of rotatable bonds is 3. The first-order valence-electron chi connectivity index (χ1n) is 10.6. The molecule has 0 bridgehead atoms. The highest BCUT2D eigenvalue weighted by atomic mass is 19.1. The van der Waals surface area contributed by atoms with E-state index in [-0.39, 0.29) is 17.1 Å². The Bertz CT molecular complexity index is 1580. The first-order valence-corrected chi connectivity index (χ1v) is 10.6. The van der Waals surface area contributed by atoms with Gasteiger partial charge >= 0.3 is 0 Å². The van der Waals surface area contributed by atoms with Gasteiger partial charge in [0.2, 0.25) is 0 Å². The summed E-state index contributed by atoms with van der Waals surface area (Å²) >= 11 is 0. The van der Waals surface area contributed by atoms with E-state index < -0.39 is 17.5 Å². The van der Waals surface area contributed by atoms with Gasteiger partial charge in [-0.15, -0.1) is 0 Å². The van der Waals surface area contributed by atoms with Crippen LogP contribution in [-0.4, -0.2) is 19.9 Å². The minimum Gasteiger partial charge on any atom is -0.262 e. The minimum absolute atomic E-state index is 0.112. The number of benzene rings is 2. The van der Waals surface area contributed by atoms with E-state index in [1.807, 2.05) is 32.9 Å². The van der Waals surface area contributed by atoms with E-state index in [1.54, 1.807) is 18.3 Å². The Morgan fingerprint density at radius 3 is 2.24 bits per heavy atom. The van der Waals surface area contributed by atoms with Crippen LogP contribution in [0.3, 0.4) is 0 Å². The quantitative estimate of drug-likeness (QED) is 0.301. The van der Waals surface area contributed by atoms with E-state index in [4.69, 9.17) is 0 Å². The Kier molecular flexibility index (Phi) is 5.32. The maximum atomic E-state index is 14.8. The average molecular weight is 456 g/mol. The Balaban J connectivity index is 1.77. The summed E-state index contributed by atoms with van der Waals surface area (Å²) in [5, 5.41) is 0.527. The average Bonchev–Trinajstić information content (AvgIpc) is 2.79. The summed E-state index contributed by atoms with van der Waals surface area (Å²) in [4.78, 5) is 17.9. The molecule has 168 valence electrons. The van der Waals surface area contributed by atoms with Gasteiger partial charge in [-0.05, 0) is 86.0 Å². The van der Waals surface area contributed by atoms with E-state index in [9.17, 15) is 13.2 Å². The van der Waals surface area contributed by atoms with Crippen LogP contribution in [0.1, 0.15) is 17.0 Å². The largest absolute Gasteiger partial charge is 0.262 e. The Morgan fingerprint density at radius 1 is 0.676 bits per heavy atom. The molecule has 5 aromatic rings. The highest BCUT2D eigenvalue weighted by Gasteiger charge is 2.18. The summed E-state index contributed by atoms with van der Waals surface area (Å²) in [5.41, 5.74) is 5.00. The molecule has 0 amide bonds. The van der Waals surface area contributed by atoms with Crippen LogP contribution in [0.25, 0.3) is 44.8 Å². The fourth-order valence-corrected chi connectivity index (χ4v) is 3.87. The van der Waals surface area contributed by atoms with Gasteiger partial charge in [0.25, 0.3) is 0 Å². The monoisotopic (exact) mass is 456 g/mol. The lowest BCUT2D eigenvalue weighted by Crippen LogP contribution is -2.01. The SMILES string of the molecule is Cc1cc(-c2cc(F)cc(-c3nc(-c4ccc(F)cc4F)c4cc(C)c(C)nc4n3)c2)ccn1. The molecule has 0 spiro atoms. The van der Waals surface area contributed by atoms with E-state index in [0.717, 1.165) is 28.6 Å². The van der Waals surface area contributed by atoms with Crippen molar-refractivity contribution in [1.82, 2.24) is 19.9 Å². The summed E-state index contributed by atoms with van der Waals surface area (Å²) in [6.07, 6.45) is 1.66. The lowest BCUT2D eigenvalue weighted by Gasteiger charge is -2.12. The van der Waals surface area contributed by atoms with Crippen molar-refractivity contribution in [1.29, 1.82) is 0 Å². The van der Waals surface area contributed by atoms with Gasteiger partial charge in [-0.2, -0.15) is 0 Å². The van der Waals surface area contributed by atoms with E-state index in [2.05, 4.69) is 19.9 Å². The normalized spacial score (nSPS) is 11.2. The van der Waals surface area contributed by atoms with Crippen LogP contribution in [0.2, 0.25) is 0 Å². The molecule has 4 nitrogen and oxygen atoms in total. The second-order valence-electron chi connectivity index (χ2n) is 8.20. The number of fused-ring (bicyclic) bond motifs is 1. The van der Waals surface area contributed by atoms with Crippen molar-refractivity contribution in [2.75, 3.05) is 0 Å². The van der Waals surface area contributed by atoms with Gasteiger partial charge in [-0.25, -0.2) is 28.1 Å². The van der Waals surface area contributed by atoms with Crippen molar-refractivity contribution >= 4 is 11.0 Å². The second kappa shape index (κ2) is 8.33. The molecule has 0 fully saturated rings. The number of halogens is 3. The molecule has 7 heteroatoms. The van der Waals surface area contributed by atoms with Gasteiger partial charge in [0.1, 0.15) is 17.5 Å². The predicted octanol–water partition coefficient (Wildman–Crippen LogP) is 6.76. The van der Waals surface area contributed by atoms with Crippen molar-refractivity contribution in [3.8, 4) is 33.8 Å². The zero-order chi connectivity index (χ0) is 24.0. The van der Waals surface area contributed by atoms with E-state index in [1.165, 1.54) is 24.3 Å². The van der Waals surface area contributed by atoms with Crippen LogP contribution >= 0.6 is 0 Å². The van der Waals surface area contributed by atoms with Crippen molar-refractivity contribution in [2.45, 2.75) is 20.8 Å². The lowest BCUT2D eigenvalue weighted by atomic mass is 10.0. The molecule has 0 aliphatic carbocycles. The molecule has 0 atom stereocenters. The summed E-state index contributed by atoms with van der Waals surface area (Å²) in [6, 6.07) is 13.3. The summed E-state index contributed by atoms with van der Waals surface area (Å²) in [5.74, 6) is -1.72. The number of aromatic nitrogens is 4. The number of hydrogen-bond donors (Lipinski definition) is 0. The Labute approximate surface area is 194 Å². The van der Waals surface area contributed by atoms with Gasteiger partial charge < -0.3 is 0 Å². The highest BCUT2D eigenvalue weighted by molar-refractivity contribution is 5.92. The smallest absolute Gasteiger partial charge is 0.164 e. The van der Waals surface area contributed by atoms with Crippen LogP contribution in [0.4, 0.5) is 13.2 Å². The molecular formula is C27H19F3N4. The molecular weight excluding hydrogens is 437 g/mol. The minimum atomic E-state index is -0.753. The fourth-order valence-electron chi connectivity index (χ4n) is 3.87. The Hall–Kier alpha value is -4.13. The van der Waals surface area contributed by atoms with Crippen molar-refractivity contribution < 1.29 is 13.2 Å². The maximum absolute atomic E-state index is 14.8. The molecule has 0 saturated heterocycles. The van der Waals surface area contributed by atoms with Gasteiger partial charge in [-0.1, -0.05) is 0 Å². The van der Waals surface area contributed by atoms with Crippen LogP contribution < -0.4 is 0 Å². The number of pyridine rings is 2. The molecule has 0 N–H and O–H groups in total. The molecule has 3 aromatic heterocycles. The van der Waals surface area contributed by atoms with Crippen LogP contribution in [-0.2, 0) is 0 Å². The number of aryl methyl sites for hydroxylation is 3. The molecule has 34 heavy (non-hydrogen) atoms. The second-order valence-corrected chi connectivity index (χ2v) is 8.20. The number of nitrogens with zero attached hydrogens (tertiary/aromatic N) is 4.